The molecule has 0 saturated heterocycles. The number of para-hydroxylation sites is 1. The van der Waals surface area contributed by atoms with Crippen LogP contribution < -0.4 is 5.32 Å². The van der Waals surface area contributed by atoms with Crippen molar-refractivity contribution in [1.82, 2.24) is 20.3 Å². The molecule has 0 aliphatic heterocycles. The number of benzene rings is 2. The average Bonchev–Trinajstić information content (AvgIpc) is 3.29. The zero-order valence-corrected chi connectivity index (χ0v) is 13.9. The maximum Gasteiger partial charge on any atom is 0.405 e. The van der Waals surface area contributed by atoms with Crippen molar-refractivity contribution in [2.45, 2.75) is 12.5 Å². The van der Waals surface area contributed by atoms with Crippen LogP contribution in [0.5, 0.6) is 0 Å². The Morgan fingerprint density at radius 2 is 1.81 bits per heavy atom. The van der Waals surface area contributed by atoms with Gasteiger partial charge in [0.1, 0.15) is 5.82 Å². The summed E-state index contributed by atoms with van der Waals surface area (Å²) < 4.78 is 0. The van der Waals surface area contributed by atoms with E-state index in [1.807, 2.05) is 60.8 Å². The van der Waals surface area contributed by atoms with Crippen LogP contribution in [0.4, 0.5) is 4.79 Å². The van der Waals surface area contributed by atoms with Crippen molar-refractivity contribution in [3.05, 3.63) is 78.4 Å². The molecule has 0 aliphatic carbocycles. The Bertz CT molecular complexity index is 1040. The second kappa shape index (κ2) is 6.76. The van der Waals surface area contributed by atoms with Gasteiger partial charge in [-0.25, -0.2) is 9.78 Å². The lowest BCUT2D eigenvalue weighted by atomic mass is 10.0. The lowest BCUT2D eigenvalue weighted by molar-refractivity contribution is 0.189. The highest BCUT2D eigenvalue weighted by atomic mass is 16.4. The van der Waals surface area contributed by atoms with Gasteiger partial charge < -0.3 is 20.4 Å². The van der Waals surface area contributed by atoms with Crippen LogP contribution in [0.25, 0.3) is 22.2 Å². The van der Waals surface area contributed by atoms with Crippen molar-refractivity contribution in [2.75, 3.05) is 0 Å². The molecular weight excluding hydrogens is 328 g/mol. The first-order valence-electron chi connectivity index (χ1n) is 8.36. The Labute approximate surface area is 149 Å². The molecule has 26 heavy (non-hydrogen) atoms. The number of fused-ring (bicyclic) bond motifs is 1. The third-order valence-electron chi connectivity index (χ3n) is 4.39. The molecule has 2 aromatic heterocycles. The minimum absolute atomic E-state index is 0.468. The van der Waals surface area contributed by atoms with Crippen molar-refractivity contribution < 1.29 is 9.90 Å². The van der Waals surface area contributed by atoms with Crippen LogP contribution in [0.2, 0.25) is 0 Å². The number of nitrogens with zero attached hydrogens (tertiary/aromatic N) is 1. The van der Waals surface area contributed by atoms with E-state index >= 15 is 0 Å². The van der Waals surface area contributed by atoms with Crippen LogP contribution >= 0.6 is 0 Å². The predicted molar refractivity (Wildman–Crippen MR) is 99.9 cm³/mol. The maximum absolute atomic E-state index is 11.3. The molecule has 2 heterocycles. The molecule has 4 rings (SSSR count). The summed E-state index contributed by atoms with van der Waals surface area (Å²) in [7, 11) is 0. The van der Waals surface area contributed by atoms with E-state index < -0.39 is 12.1 Å². The summed E-state index contributed by atoms with van der Waals surface area (Å²) >= 11 is 0. The molecule has 6 heteroatoms. The van der Waals surface area contributed by atoms with Gasteiger partial charge in [-0.05, 0) is 11.6 Å². The van der Waals surface area contributed by atoms with Crippen LogP contribution in [-0.2, 0) is 6.42 Å². The van der Waals surface area contributed by atoms with Crippen molar-refractivity contribution in [2.24, 2.45) is 0 Å². The fourth-order valence-electron chi connectivity index (χ4n) is 3.16. The van der Waals surface area contributed by atoms with Crippen LogP contribution in [-0.4, -0.2) is 26.2 Å². The molecule has 0 bridgehead atoms. The zero-order chi connectivity index (χ0) is 17.9. The zero-order valence-electron chi connectivity index (χ0n) is 13.9. The molecule has 4 N–H and O–H groups in total. The monoisotopic (exact) mass is 346 g/mol. The number of aromatic nitrogens is 3. The summed E-state index contributed by atoms with van der Waals surface area (Å²) in [6.45, 7) is 0. The Hall–Kier alpha value is -3.54. The summed E-state index contributed by atoms with van der Waals surface area (Å²) in [5.74, 6) is 0.594. The average molecular weight is 346 g/mol. The highest BCUT2D eigenvalue weighted by Gasteiger charge is 2.20. The molecule has 1 atom stereocenters. The molecule has 0 saturated carbocycles. The second-order valence-electron chi connectivity index (χ2n) is 6.10. The first-order valence-corrected chi connectivity index (χ1v) is 8.36. The summed E-state index contributed by atoms with van der Waals surface area (Å²) in [5, 5.41) is 12.9. The number of rotatable bonds is 5. The maximum atomic E-state index is 11.3. The Morgan fingerprint density at radius 3 is 2.62 bits per heavy atom. The third-order valence-corrected chi connectivity index (χ3v) is 4.39. The quantitative estimate of drug-likeness (QED) is 0.438. The van der Waals surface area contributed by atoms with E-state index in [2.05, 4.69) is 20.3 Å². The second-order valence-corrected chi connectivity index (χ2v) is 6.10. The third kappa shape index (κ3) is 3.17. The Kier molecular flexibility index (Phi) is 4.15. The number of amides is 1. The fourth-order valence-corrected chi connectivity index (χ4v) is 3.16. The summed E-state index contributed by atoms with van der Waals surface area (Å²) in [4.78, 5) is 22.2. The lowest BCUT2D eigenvalue weighted by Gasteiger charge is -2.14. The van der Waals surface area contributed by atoms with E-state index in [4.69, 9.17) is 0 Å². The molecule has 0 aliphatic rings. The fraction of sp³-hybridized carbons (Fsp3) is 0.100. The predicted octanol–water partition coefficient (Wildman–Crippen LogP) is 4.11. The van der Waals surface area contributed by atoms with Crippen molar-refractivity contribution in [3.63, 3.8) is 0 Å². The van der Waals surface area contributed by atoms with Crippen LogP contribution in [0.15, 0.2) is 67.0 Å². The van der Waals surface area contributed by atoms with E-state index in [1.165, 1.54) is 0 Å². The van der Waals surface area contributed by atoms with E-state index in [0.717, 1.165) is 27.7 Å². The summed E-state index contributed by atoms with van der Waals surface area (Å²) in [6.07, 6.45) is 3.14. The topological polar surface area (TPSA) is 93.8 Å². The van der Waals surface area contributed by atoms with Crippen LogP contribution in [0.3, 0.4) is 0 Å². The number of nitrogens with one attached hydrogen (secondary N) is 3. The molecule has 0 fully saturated rings. The van der Waals surface area contributed by atoms with Crippen LogP contribution in [0.1, 0.15) is 17.4 Å². The van der Waals surface area contributed by atoms with Crippen molar-refractivity contribution in [1.29, 1.82) is 0 Å². The minimum Gasteiger partial charge on any atom is -0.465 e. The summed E-state index contributed by atoms with van der Waals surface area (Å²) in [6, 6.07) is 17.3. The first-order chi connectivity index (χ1) is 12.7. The molecule has 6 nitrogen and oxygen atoms in total. The van der Waals surface area contributed by atoms with Crippen molar-refractivity contribution in [3.8, 4) is 11.3 Å². The Morgan fingerprint density at radius 1 is 1.04 bits per heavy atom. The molecule has 4 aromatic rings. The number of aromatic amines is 2. The Balaban J connectivity index is 1.65. The smallest absolute Gasteiger partial charge is 0.405 e. The number of hydrogen-bond acceptors (Lipinski definition) is 2. The van der Waals surface area contributed by atoms with E-state index in [1.54, 1.807) is 6.20 Å². The molecular formula is C20H18N4O2. The SMILES string of the molecule is O=C(O)N[C@H](Cc1c[nH]c2ccccc12)c1nc(-c2ccccc2)c[nH]1. The van der Waals surface area contributed by atoms with Gasteiger partial charge in [-0.1, -0.05) is 48.5 Å². The normalized spacial score (nSPS) is 12.2. The number of carbonyl (C=O) groups is 1. The van der Waals surface area contributed by atoms with Gasteiger partial charge in [0, 0.05) is 35.3 Å². The van der Waals surface area contributed by atoms with Crippen LogP contribution in [0, 0.1) is 0 Å². The highest BCUT2D eigenvalue weighted by molar-refractivity contribution is 5.83. The van der Waals surface area contributed by atoms with Crippen molar-refractivity contribution >= 4 is 17.0 Å². The van der Waals surface area contributed by atoms with Gasteiger partial charge >= 0.3 is 6.09 Å². The van der Waals surface area contributed by atoms with Gasteiger partial charge in [0.05, 0.1) is 11.7 Å². The number of hydrogen-bond donors (Lipinski definition) is 4. The van der Waals surface area contributed by atoms with E-state index in [9.17, 15) is 9.90 Å². The molecule has 130 valence electrons. The van der Waals surface area contributed by atoms with Gasteiger partial charge in [-0.15, -0.1) is 0 Å². The van der Waals surface area contributed by atoms with E-state index in [-0.39, 0.29) is 0 Å². The standard InChI is InChI=1S/C20H18N4O2/c25-20(26)24-17(10-14-11-21-16-9-5-4-8-15(14)16)19-22-12-18(23-19)13-6-2-1-3-7-13/h1-9,11-12,17,21,24H,10H2,(H,22,23)(H,25,26)/t17-/m1/s1. The molecule has 2 aromatic carbocycles. The largest absolute Gasteiger partial charge is 0.465 e. The van der Waals surface area contributed by atoms with E-state index in [0.29, 0.717) is 12.2 Å². The van der Waals surface area contributed by atoms with Gasteiger partial charge in [0.2, 0.25) is 0 Å². The lowest BCUT2D eigenvalue weighted by Crippen LogP contribution is -2.29. The van der Waals surface area contributed by atoms with Gasteiger partial charge in [-0.2, -0.15) is 0 Å². The number of H-pyrrole nitrogens is 2. The van der Waals surface area contributed by atoms with Gasteiger partial charge in [0.15, 0.2) is 0 Å². The summed E-state index contributed by atoms with van der Waals surface area (Å²) in [5.41, 5.74) is 3.84. The first kappa shape index (κ1) is 16.0. The number of imidazole rings is 1. The molecule has 0 radical (unpaired) electrons. The highest BCUT2D eigenvalue weighted by Crippen LogP contribution is 2.25. The molecule has 0 spiro atoms. The minimum atomic E-state index is -1.08. The van der Waals surface area contributed by atoms with Gasteiger partial charge in [-0.3, -0.25) is 0 Å². The van der Waals surface area contributed by atoms with Gasteiger partial charge in [0.25, 0.3) is 0 Å². The number of carboxylic acid groups (broad SMARTS) is 1. The molecule has 1 amide bonds. The molecule has 0 unspecified atom stereocenters.